The van der Waals surface area contributed by atoms with Crippen molar-refractivity contribution in [3.05, 3.63) is 66.2 Å². The molecule has 1 N–H and O–H groups in total. The monoisotopic (exact) mass is 396 g/mol. The Labute approximate surface area is 167 Å². The number of pyridine rings is 1. The number of nitrogens with one attached hydrogen (secondary N) is 1. The molecular weight excluding hydrogens is 375 g/mol. The molecule has 144 valence electrons. The topological polar surface area (TPSA) is 59.8 Å². The van der Waals surface area contributed by atoms with E-state index in [1.165, 1.54) is 42.4 Å². The van der Waals surface area contributed by atoms with Crippen LogP contribution in [0.15, 0.2) is 59.6 Å². The van der Waals surface area contributed by atoms with Gasteiger partial charge in [0.05, 0.1) is 18.0 Å². The Balaban J connectivity index is 1.31. The molecule has 3 aromatic rings. The average molecular weight is 396 g/mol. The predicted octanol–water partition coefficient (Wildman–Crippen LogP) is 3.87. The largest absolute Gasteiger partial charge is 0.354 e. The summed E-state index contributed by atoms with van der Waals surface area (Å²) in [5.41, 5.74) is 2.96. The Morgan fingerprint density at radius 3 is 2.71 bits per heavy atom. The summed E-state index contributed by atoms with van der Waals surface area (Å²) < 4.78 is 14.9. The normalized spacial score (nSPS) is 13.5. The van der Waals surface area contributed by atoms with Crippen molar-refractivity contribution in [3.8, 4) is 11.4 Å². The van der Waals surface area contributed by atoms with E-state index in [2.05, 4.69) is 16.4 Å². The van der Waals surface area contributed by atoms with E-state index >= 15 is 0 Å². The maximum atomic E-state index is 12.9. The van der Waals surface area contributed by atoms with Gasteiger partial charge in [0.15, 0.2) is 0 Å². The third kappa shape index (κ3) is 4.78. The summed E-state index contributed by atoms with van der Waals surface area (Å²) in [7, 11) is 0. The van der Waals surface area contributed by atoms with Crippen LogP contribution in [-0.4, -0.2) is 33.0 Å². The minimum absolute atomic E-state index is 0.0422. The van der Waals surface area contributed by atoms with Crippen LogP contribution in [-0.2, 0) is 11.3 Å². The van der Waals surface area contributed by atoms with E-state index in [9.17, 15) is 9.18 Å². The zero-order chi connectivity index (χ0) is 19.3. The first kappa shape index (κ1) is 18.7. The number of carbonyl (C=O) groups excluding carboxylic acids is 1. The molecule has 1 aliphatic rings. The summed E-state index contributed by atoms with van der Waals surface area (Å²) in [5.74, 6) is 0.554. The maximum absolute atomic E-state index is 12.9. The lowest BCUT2D eigenvalue weighted by Crippen LogP contribution is -2.29. The van der Waals surface area contributed by atoms with Gasteiger partial charge in [0, 0.05) is 29.2 Å². The number of hydrogen-bond donors (Lipinski definition) is 1. The zero-order valence-electron chi connectivity index (χ0n) is 15.3. The van der Waals surface area contributed by atoms with E-state index in [0.29, 0.717) is 24.8 Å². The molecule has 1 aromatic carbocycles. The highest BCUT2D eigenvalue weighted by molar-refractivity contribution is 8.00. The molecule has 0 atom stereocenters. The Bertz CT molecular complexity index is 939. The van der Waals surface area contributed by atoms with E-state index in [1.54, 1.807) is 18.3 Å². The van der Waals surface area contributed by atoms with E-state index in [0.717, 1.165) is 16.3 Å². The number of halogens is 1. The molecule has 1 amide bonds. The van der Waals surface area contributed by atoms with Crippen LogP contribution in [0.4, 0.5) is 4.39 Å². The zero-order valence-corrected chi connectivity index (χ0v) is 16.2. The second kappa shape index (κ2) is 8.56. The molecule has 5 nitrogen and oxygen atoms in total. The van der Waals surface area contributed by atoms with Crippen LogP contribution in [0.1, 0.15) is 24.5 Å². The molecule has 0 bridgehead atoms. The third-order valence-electron chi connectivity index (χ3n) is 4.56. The van der Waals surface area contributed by atoms with Crippen molar-refractivity contribution < 1.29 is 9.18 Å². The Kier molecular flexibility index (Phi) is 5.71. The number of thioether (sulfide) groups is 1. The molecule has 7 heteroatoms. The van der Waals surface area contributed by atoms with Crippen LogP contribution >= 0.6 is 11.8 Å². The Morgan fingerprint density at radius 1 is 1.18 bits per heavy atom. The Hall–Kier alpha value is -2.67. The lowest BCUT2D eigenvalue weighted by Gasteiger charge is -2.08. The number of benzene rings is 1. The minimum atomic E-state index is -0.274. The number of carbonyl (C=O) groups is 1. The van der Waals surface area contributed by atoms with Crippen LogP contribution in [0.2, 0.25) is 0 Å². The predicted molar refractivity (Wildman–Crippen MR) is 108 cm³/mol. The fourth-order valence-corrected chi connectivity index (χ4v) is 3.72. The van der Waals surface area contributed by atoms with Gasteiger partial charge >= 0.3 is 0 Å². The van der Waals surface area contributed by atoms with Gasteiger partial charge in [0.25, 0.3) is 0 Å². The molecule has 2 aromatic heterocycles. The summed E-state index contributed by atoms with van der Waals surface area (Å²) in [5, 5.41) is 7.64. The number of rotatable bonds is 8. The molecule has 0 radical (unpaired) electrons. The molecule has 1 aliphatic carbocycles. The van der Waals surface area contributed by atoms with Gasteiger partial charge in [-0.1, -0.05) is 6.07 Å². The van der Waals surface area contributed by atoms with Gasteiger partial charge in [-0.15, -0.1) is 11.8 Å². The van der Waals surface area contributed by atoms with Crippen molar-refractivity contribution in [1.82, 2.24) is 20.1 Å². The van der Waals surface area contributed by atoms with Gasteiger partial charge < -0.3 is 5.32 Å². The molecule has 1 saturated carbocycles. The van der Waals surface area contributed by atoms with Crippen molar-refractivity contribution in [2.45, 2.75) is 30.2 Å². The van der Waals surface area contributed by atoms with Crippen LogP contribution in [0.5, 0.6) is 0 Å². The highest BCUT2D eigenvalue weighted by atomic mass is 32.2. The SMILES string of the molecule is O=C(CSc1ccc(F)cc1)NCCn1nc(-c2ccccn2)cc1C1CC1. The standard InChI is InChI=1S/C21H21FN4OS/c22-16-6-8-17(9-7-16)28-14-21(27)24-11-12-26-20(15-4-5-15)13-19(25-26)18-3-1-2-10-23-18/h1-3,6-10,13,15H,4-5,11-12,14H2,(H,24,27). The van der Waals surface area contributed by atoms with Crippen molar-refractivity contribution in [1.29, 1.82) is 0 Å². The van der Waals surface area contributed by atoms with Gasteiger partial charge in [-0.2, -0.15) is 5.10 Å². The molecule has 1 fully saturated rings. The highest BCUT2D eigenvalue weighted by Gasteiger charge is 2.28. The van der Waals surface area contributed by atoms with Gasteiger partial charge in [-0.05, 0) is 55.3 Å². The van der Waals surface area contributed by atoms with Crippen molar-refractivity contribution in [2.24, 2.45) is 0 Å². The van der Waals surface area contributed by atoms with Crippen molar-refractivity contribution >= 4 is 17.7 Å². The van der Waals surface area contributed by atoms with Crippen molar-refractivity contribution in [2.75, 3.05) is 12.3 Å². The third-order valence-corrected chi connectivity index (χ3v) is 5.58. The summed E-state index contributed by atoms with van der Waals surface area (Å²) >= 11 is 1.39. The van der Waals surface area contributed by atoms with Crippen LogP contribution < -0.4 is 5.32 Å². The van der Waals surface area contributed by atoms with E-state index in [-0.39, 0.29) is 11.7 Å². The van der Waals surface area contributed by atoms with E-state index in [4.69, 9.17) is 5.10 Å². The second-order valence-corrected chi connectivity index (χ2v) is 7.81. The molecule has 0 unspecified atom stereocenters. The average Bonchev–Trinajstić information content (AvgIpc) is 3.48. The maximum Gasteiger partial charge on any atom is 0.230 e. The fraction of sp³-hybridized carbons (Fsp3) is 0.286. The Morgan fingerprint density at radius 2 is 2.00 bits per heavy atom. The van der Waals surface area contributed by atoms with E-state index < -0.39 is 0 Å². The molecule has 28 heavy (non-hydrogen) atoms. The van der Waals surface area contributed by atoms with Gasteiger partial charge in [-0.3, -0.25) is 14.5 Å². The first-order valence-electron chi connectivity index (χ1n) is 9.33. The minimum Gasteiger partial charge on any atom is -0.354 e. The highest BCUT2D eigenvalue weighted by Crippen LogP contribution is 2.41. The summed E-state index contributed by atoms with van der Waals surface area (Å²) in [6, 6.07) is 14.1. The van der Waals surface area contributed by atoms with Crippen LogP contribution in [0.25, 0.3) is 11.4 Å². The number of amides is 1. The number of hydrogen-bond acceptors (Lipinski definition) is 4. The van der Waals surface area contributed by atoms with Crippen molar-refractivity contribution in [3.63, 3.8) is 0 Å². The first-order chi connectivity index (χ1) is 13.7. The number of aromatic nitrogens is 3. The molecular formula is C21H21FN4OS. The molecule has 2 heterocycles. The smallest absolute Gasteiger partial charge is 0.230 e. The quantitative estimate of drug-likeness (QED) is 0.587. The summed E-state index contributed by atoms with van der Waals surface area (Å²) in [4.78, 5) is 17.3. The van der Waals surface area contributed by atoms with Gasteiger partial charge in [0.1, 0.15) is 11.5 Å². The van der Waals surface area contributed by atoms with E-state index in [1.807, 2.05) is 22.9 Å². The molecule has 4 rings (SSSR count). The molecule has 0 aliphatic heterocycles. The fourth-order valence-electron chi connectivity index (χ4n) is 2.99. The lowest BCUT2D eigenvalue weighted by atomic mass is 10.2. The summed E-state index contributed by atoms with van der Waals surface area (Å²) in [6.45, 7) is 1.15. The summed E-state index contributed by atoms with van der Waals surface area (Å²) in [6.07, 6.45) is 4.15. The first-order valence-corrected chi connectivity index (χ1v) is 10.3. The van der Waals surface area contributed by atoms with Gasteiger partial charge in [-0.25, -0.2) is 4.39 Å². The molecule has 0 saturated heterocycles. The van der Waals surface area contributed by atoms with Crippen LogP contribution in [0.3, 0.4) is 0 Å². The lowest BCUT2D eigenvalue weighted by molar-refractivity contribution is -0.118. The second-order valence-electron chi connectivity index (χ2n) is 6.76. The van der Waals surface area contributed by atoms with Gasteiger partial charge in [0.2, 0.25) is 5.91 Å². The molecule has 0 spiro atoms. The van der Waals surface area contributed by atoms with Crippen LogP contribution in [0, 0.1) is 5.82 Å². The number of nitrogens with zero attached hydrogens (tertiary/aromatic N) is 3.